The second kappa shape index (κ2) is 4.72. The molecule has 96 valence electrons. The van der Waals surface area contributed by atoms with Crippen molar-refractivity contribution in [1.82, 2.24) is 14.9 Å². The van der Waals surface area contributed by atoms with E-state index in [1.807, 2.05) is 54.2 Å². The van der Waals surface area contributed by atoms with Crippen LogP contribution >= 0.6 is 0 Å². The highest BCUT2D eigenvalue weighted by Gasteiger charge is 2.30. The molecule has 4 nitrogen and oxygen atoms in total. The Hall–Kier alpha value is -2.36. The summed E-state index contributed by atoms with van der Waals surface area (Å²) in [7, 11) is 1.93. The van der Waals surface area contributed by atoms with Crippen molar-refractivity contribution in [2.75, 3.05) is 6.54 Å². The fourth-order valence-electron chi connectivity index (χ4n) is 2.34. The summed E-state index contributed by atoms with van der Waals surface area (Å²) in [5.41, 5.74) is 2.75. The molecule has 0 bridgehead atoms. The number of aromatic nitrogens is 2. The maximum atomic E-state index is 12.0. The van der Waals surface area contributed by atoms with Crippen molar-refractivity contribution >= 4 is 12.0 Å². The standard InChI is InChI=1S/C15H15N3O/c1-18-9-14(17-10-18)13-8-16-15(19)12(13)7-11-5-3-2-4-6-11/h2-7,9-10,13H,8H2,1H3,(H,16,19)/t13-/m0/s1. The molecule has 1 aromatic heterocycles. The Bertz CT molecular complexity index is 628. The fourth-order valence-corrected chi connectivity index (χ4v) is 2.34. The highest BCUT2D eigenvalue weighted by atomic mass is 16.2. The Morgan fingerprint density at radius 2 is 2.16 bits per heavy atom. The van der Waals surface area contributed by atoms with Crippen molar-refractivity contribution in [3.63, 3.8) is 0 Å². The minimum atomic E-state index is -0.000457. The van der Waals surface area contributed by atoms with Gasteiger partial charge in [0.1, 0.15) is 0 Å². The molecule has 1 N–H and O–H groups in total. The van der Waals surface area contributed by atoms with Crippen molar-refractivity contribution < 1.29 is 4.79 Å². The van der Waals surface area contributed by atoms with E-state index < -0.39 is 0 Å². The highest BCUT2D eigenvalue weighted by molar-refractivity contribution is 6.01. The summed E-state index contributed by atoms with van der Waals surface area (Å²) in [6.07, 6.45) is 5.67. The average molecular weight is 253 g/mol. The molecule has 1 fully saturated rings. The van der Waals surface area contributed by atoms with E-state index in [2.05, 4.69) is 10.3 Å². The van der Waals surface area contributed by atoms with Gasteiger partial charge in [-0.2, -0.15) is 0 Å². The van der Waals surface area contributed by atoms with Crippen molar-refractivity contribution in [1.29, 1.82) is 0 Å². The first-order chi connectivity index (χ1) is 9.24. The van der Waals surface area contributed by atoms with E-state index in [1.165, 1.54) is 0 Å². The van der Waals surface area contributed by atoms with Gasteiger partial charge in [-0.05, 0) is 11.6 Å². The molecule has 3 rings (SSSR count). The van der Waals surface area contributed by atoms with Gasteiger partial charge in [0.15, 0.2) is 0 Å². The summed E-state index contributed by atoms with van der Waals surface area (Å²) in [4.78, 5) is 16.3. The van der Waals surface area contributed by atoms with Crippen LogP contribution in [-0.2, 0) is 11.8 Å². The first-order valence-corrected chi connectivity index (χ1v) is 6.27. The van der Waals surface area contributed by atoms with Crippen LogP contribution < -0.4 is 5.32 Å². The summed E-state index contributed by atoms with van der Waals surface area (Å²) in [6.45, 7) is 0.620. The first kappa shape index (κ1) is 11.7. The lowest BCUT2D eigenvalue weighted by Gasteiger charge is -2.06. The van der Waals surface area contributed by atoms with Crippen LogP contribution in [0.2, 0.25) is 0 Å². The van der Waals surface area contributed by atoms with E-state index in [1.54, 1.807) is 6.33 Å². The van der Waals surface area contributed by atoms with Crippen molar-refractivity contribution in [2.45, 2.75) is 5.92 Å². The third-order valence-electron chi connectivity index (χ3n) is 3.31. The predicted molar refractivity (Wildman–Crippen MR) is 73.4 cm³/mol. The molecule has 1 saturated heterocycles. The quantitative estimate of drug-likeness (QED) is 0.828. The van der Waals surface area contributed by atoms with E-state index in [0.29, 0.717) is 6.54 Å². The van der Waals surface area contributed by atoms with E-state index in [4.69, 9.17) is 0 Å². The van der Waals surface area contributed by atoms with Gasteiger partial charge in [-0.1, -0.05) is 30.3 Å². The molecule has 19 heavy (non-hydrogen) atoms. The number of benzene rings is 1. The predicted octanol–water partition coefficient (Wildman–Crippen LogP) is 1.72. The van der Waals surface area contributed by atoms with E-state index >= 15 is 0 Å². The minimum Gasteiger partial charge on any atom is -0.351 e. The van der Waals surface area contributed by atoms with Crippen LogP contribution in [0.15, 0.2) is 48.4 Å². The molecule has 1 aliphatic heterocycles. The molecule has 1 atom stereocenters. The number of nitrogens with one attached hydrogen (secondary N) is 1. The molecule has 0 unspecified atom stereocenters. The van der Waals surface area contributed by atoms with Crippen LogP contribution in [0.25, 0.3) is 6.08 Å². The number of hydrogen-bond acceptors (Lipinski definition) is 2. The molecule has 2 aromatic rings. The third kappa shape index (κ3) is 2.29. The smallest absolute Gasteiger partial charge is 0.248 e. The molecular formula is C15H15N3O. The van der Waals surface area contributed by atoms with Gasteiger partial charge in [0.05, 0.1) is 17.9 Å². The molecule has 1 aromatic carbocycles. The lowest BCUT2D eigenvalue weighted by Crippen LogP contribution is -2.14. The third-order valence-corrected chi connectivity index (χ3v) is 3.31. The number of imidazole rings is 1. The summed E-state index contributed by atoms with van der Waals surface area (Å²) in [6, 6.07) is 9.89. The van der Waals surface area contributed by atoms with Crippen molar-refractivity contribution in [3.05, 3.63) is 59.7 Å². The first-order valence-electron chi connectivity index (χ1n) is 6.27. The van der Waals surface area contributed by atoms with Gasteiger partial charge in [0.25, 0.3) is 0 Å². The molecule has 2 heterocycles. The van der Waals surface area contributed by atoms with Crippen LogP contribution in [0.5, 0.6) is 0 Å². The summed E-state index contributed by atoms with van der Waals surface area (Å²) >= 11 is 0. The summed E-state index contributed by atoms with van der Waals surface area (Å²) < 4.78 is 1.90. The number of carbonyl (C=O) groups excluding carboxylic acids is 1. The van der Waals surface area contributed by atoms with E-state index in [9.17, 15) is 4.79 Å². The topological polar surface area (TPSA) is 46.9 Å². The maximum absolute atomic E-state index is 12.0. The number of amides is 1. The molecule has 0 spiro atoms. The molecule has 4 heteroatoms. The lowest BCUT2D eigenvalue weighted by molar-refractivity contribution is -0.116. The zero-order valence-corrected chi connectivity index (χ0v) is 10.7. The number of carbonyl (C=O) groups is 1. The Morgan fingerprint density at radius 1 is 1.37 bits per heavy atom. The summed E-state index contributed by atoms with van der Waals surface area (Å²) in [5.74, 6) is 0.0356. The van der Waals surface area contributed by atoms with Crippen molar-refractivity contribution in [2.24, 2.45) is 7.05 Å². The number of hydrogen-bond donors (Lipinski definition) is 1. The Kier molecular flexibility index (Phi) is 2.91. The van der Waals surface area contributed by atoms with Crippen LogP contribution in [0.4, 0.5) is 0 Å². The SMILES string of the molecule is Cn1cnc([C@H]2CNC(=O)C2=Cc2ccccc2)c1. The number of nitrogens with zero attached hydrogens (tertiary/aromatic N) is 2. The molecule has 1 aliphatic rings. The normalized spacial score (nSPS) is 20.8. The van der Waals surface area contributed by atoms with Crippen LogP contribution in [0, 0.1) is 0 Å². The zero-order chi connectivity index (χ0) is 13.2. The van der Waals surface area contributed by atoms with Gasteiger partial charge >= 0.3 is 0 Å². The van der Waals surface area contributed by atoms with E-state index in [0.717, 1.165) is 16.8 Å². The lowest BCUT2D eigenvalue weighted by atomic mass is 9.97. The molecular weight excluding hydrogens is 238 g/mol. The Morgan fingerprint density at radius 3 is 2.84 bits per heavy atom. The molecule has 0 aliphatic carbocycles. The van der Waals surface area contributed by atoms with Gasteiger partial charge < -0.3 is 9.88 Å². The van der Waals surface area contributed by atoms with E-state index in [-0.39, 0.29) is 11.8 Å². The van der Waals surface area contributed by atoms with Crippen molar-refractivity contribution in [3.8, 4) is 0 Å². The number of rotatable bonds is 2. The van der Waals surface area contributed by atoms with Gasteiger partial charge in [0, 0.05) is 25.4 Å². The Balaban J connectivity index is 1.97. The Labute approximate surface area is 111 Å². The minimum absolute atomic E-state index is 0.000457. The molecule has 0 saturated carbocycles. The van der Waals surface area contributed by atoms with Gasteiger partial charge in [-0.25, -0.2) is 4.98 Å². The maximum Gasteiger partial charge on any atom is 0.248 e. The van der Waals surface area contributed by atoms with Crippen LogP contribution in [0.1, 0.15) is 17.2 Å². The fraction of sp³-hybridized carbons (Fsp3) is 0.200. The van der Waals surface area contributed by atoms with Crippen LogP contribution in [0.3, 0.4) is 0 Å². The molecule has 0 radical (unpaired) electrons. The monoisotopic (exact) mass is 253 g/mol. The van der Waals surface area contributed by atoms with Crippen LogP contribution in [-0.4, -0.2) is 22.0 Å². The second-order valence-corrected chi connectivity index (χ2v) is 4.74. The average Bonchev–Trinajstić information content (AvgIpc) is 2.99. The second-order valence-electron chi connectivity index (χ2n) is 4.74. The summed E-state index contributed by atoms with van der Waals surface area (Å²) in [5, 5.41) is 2.89. The van der Waals surface area contributed by atoms with Gasteiger partial charge in [-0.3, -0.25) is 4.79 Å². The van der Waals surface area contributed by atoms with Gasteiger partial charge in [-0.15, -0.1) is 0 Å². The molecule has 1 amide bonds. The highest BCUT2D eigenvalue weighted by Crippen LogP contribution is 2.28. The zero-order valence-electron chi connectivity index (χ0n) is 10.7. The van der Waals surface area contributed by atoms with Gasteiger partial charge in [0.2, 0.25) is 5.91 Å². The number of aryl methyl sites for hydroxylation is 1. The largest absolute Gasteiger partial charge is 0.351 e.